The number of halogens is 1. The lowest BCUT2D eigenvalue weighted by atomic mass is 10.0. The quantitative estimate of drug-likeness (QED) is 0.361. The minimum atomic E-state index is -0.237. The van der Waals surface area contributed by atoms with E-state index in [1.165, 1.54) is 5.56 Å². The Morgan fingerprint density at radius 2 is 1.75 bits per heavy atom. The first kappa shape index (κ1) is 20.4. The van der Waals surface area contributed by atoms with Gasteiger partial charge in [-0.05, 0) is 60.9 Å². The summed E-state index contributed by atoms with van der Waals surface area (Å²) in [6.07, 6.45) is 2.07. The molecule has 0 fully saturated rings. The van der Waals surface area contributed by atoms with Crippen LogP contribution in [0.25, 0.3) is 5.69 Å². The van der Waals surface area contributed by atoms with Crippen molar-refractivity contribution in [2.24, 2.45) is 0 Å². The summed E-state index contributed by atoms with van der Waals surface area (Å²) in [7, 11) is 0. The van der Waals surface area contributed by atoms with Crippen molar-refractivity contribution in [2.75, 3.05) is 5.32 Å². The maximum Gasteiger partial charge on any atom is 0.322 e. The Balaban J connectivity index is 1.61. The number of carbonyl (C=O) groups is 1. The molecule has 1 atom stereocenters. The van der Waals surface area contributed by atoms with Gasteiger partial charge in [-0.25, -0.2) is 4.79 Å². The summed E-state index contributed by atoms with van der Waals surface area (Å²) in [5, 5.41) is 3.70. The van der Waals surface area contributed by atoms with Gasteiger partial charge in [0.1, 0.15) is 0 Å². The van der Waals surface area contributed by atoms with Crippen molar-refractivity contribution < 1.29 is 4.79 Å². The number of hydrogen-bond acceptors (Lipinski definition) is 1. The Labute approximate surface area is 193 Å². The van der Waals surface area contributed by atoms with Gasteiger partial charge < -0.3 is 14.8 Å². The molecule has 0 saturated carbocycles. The fourth-order valence-electron chi connectivity index (χ4n) is 4.30. The summed E-state index contributed by atoms with van der Waals surface area (Å²) in [6.45, 7) is 4.50. The number of nitrogens with zero attached hydrogens (tertiary/aromatic N) is 2. The van der Waals surface area contributed by atoms with Gasteiger partial charge in [0.2, 0.25) is 0 Å². The van der Waals surface area contributed by atoms with Crippen LogP contribution >= 0.6 is 11.6 Å². The van der Waals surface area contributed by atoms with Gasteiger partial charge in [0.25, 0.3) is 0 Å². The fraction of sp³-hybridized carbons (Fsp3) is 0.148. The zero-order valence-corrected chi connectivity index (χ0v) is 18.8. The van der Waals surface area contributed by atoms with E-state index in [4.69, 9.17) is 11.6 Å². The number of anilines is 1. The zero-order chi connectivity index (χ0) is 22.2. The first-order valence-electron chi connectivity index (χ1n) is 10.7. The Morgan fingerprint density at radius 1 is 0.969 bits per heavy atom. The van der Waals surface area contributed by atoms with E-state index in [1.807, 2.05) is 42.2 Å². The van der Waals surface area contributed by atoms with E-state index in [9.17, 15) is 4.79 Å². The van der Waals surface area contributed by atoms with Crippen molar-refractivity contribution in [3.8, 4) is 5.69 Å². The van der Waals surface area contributed by atoms with Gasteiger partial charge in [0.15, 0.2) is 0 Å². The van der Waals surface area contributed by atoms with Gasteiger partial charge >= 0.3 is 6.03 Å². The van der Waals surface area contributed by atoms with Gasteiger partial charge in [0, 0.05) is 22.6 Å². The third kappa shape index (κ3) is 3.67. The van der Waals surface area contributed by atoms with Crippen LogP contribution in [0.5, 0.6) is 0 Å². The molecule has 0 saturated heterocycles. The lowest BCUT2D eigenvalue weighted by Crippen LogP contribution is -2.37. The molecule has 0 aliphatic carbocycles. The summed E-state index contributed by atoms with van der Waals surface area (Å²) in [5.74, 6) is 0. The first-order chi connectivity index (χ1) is 15.5. The average molecular weight is 442 g/mol. The van der Waals surface area contributed by atoms with Crippen LogP contribution in [0.3, 0.4) is 0 Å². The summed E-state index contributed by atoms with van der Waals surface area (Å²) >= 11 is 6.30. The Kier molecular flexibility index (Phi) is 5.24. The molecule has 32 heavy (non-hydrogen) atoms. The molecule has 1 N–H and O–H groups in total. The Bertz CT molecular complexity index is 1290. The SMILES string of the molecule is Cc1ccc([C@H]2c3cccn3-c3ccccc3CN2C(=O)Nc2ccc(C)c(Cl)c2)cc1. The van der Waals surface area contributed by atoms with Crippen LogP contribution in [0, 0.1) is 13.8 Å². The van der Waals surface area contributed by atoms with Gasteiger partial charge in [0.05, 0.1) is 18.3 Å². The normalized spacial score (nSPS) is 15.0. The van der Waals surface area contributed by atoms with E-state index >= 15 is 0 Å². The van der Waals surface area contributed by atoms with Crippen LogP contribution in [0.15, 0.2) is 85.1 Å². The molecule has 4 nitrogen and oxygen atoms in total. The number of fused-ring (bicyclic) bond motifs is 3. The maximum absolute atomic E-state index is 13.7. The largest absolute Gasteiger partial charge is 0.322 e. The minimum absolute atomic E-state index is 0.167. The molecule has 2 amide bonds. The smallest absolute Gasteiger partial charge is 0.318 e. The molecule has 0 bridgehead atoms. The minimum Gasteiger partial charge on any atom is -0.318 e. The molecule has 5 heteroatoms. The van der Waals surface area contributed by atoms with Crippen LogP contribution in [0.4, 0.5) is 10.5 Å². The second-order valence-corrected chi connectivity index (χ2v) is 8.67. The van der Waals surface area contributed by atoms with Gasteiger partial charge in [-0.2, -0.15) is 0 Å². The topological polar surface area (TPSA) is 37.3 Å². The van der Waals surface area contributed by atoms with Crippen LogP contribution < -0.4 is 5.32 Å². The highest BCUT2D eigenvalue weighted by Crippen LogP contribution is 2.37. The summed E-state index contributed by atoms with van der Waals surface area (Å²) in [5.41, 5.74) is 7.16. The van der Waals surface area contributed by atoms with E-state index in [2.05, 4.69) is 65.5 Å². The zero-order valence-electron chi connectivity index (χ0n) is 18.0. The second kappa shape index (κ2) is 8.21. The van der Waals surface area contributed by atoms with Crippen molar-refractivity contribution >= 4 is 23.3 Å². The van der Waals surface area contributed by atoms with Gasteiger partial charge in [-0.1, -0.05) is 65.7 Å². The average Bonchev–Trinajstić information content (AvgIpc) is 3.21. The summed E-state index contributed by atoms with van der Waals surface area (Å²) < 4.78 is 2.19. The number of aryl methyl sites for hydroxylation is 2. The van der Waals surface area contributed by atoms with Crippen molar-refractivity contribution in [2.45, 2.75) is 26.4 Å². The van der Waals surface area contributed by atoms with E-state index in [0.717, 1.165) is 28.1 Å². The predicted molar refractivity (Wildman–Crippen MR) is 130 cm³/mol. The predicted octanol–water partition coefficient (Wildman–Crippen LogP) is 6.88. The third-order valence-electron chi connectivity index (χ3n) is 6.04. The first-order valence-corrected chi connectivity index (χ1v) is 11.0. The highest BCUT2D eigenvalue weighted by atomic mass is 35.5. The molecule has 0 unspecified atom stereocenters. The molecule has 160 valence electrons. The van der Waals surface area contributed by atoms with E-state index < -0.39 is 0 Å². The monoisotopic (exact) mass is 441 g/mol. The number of aromatic nitrogens is 1. The summed E-state index contributed by atoms with van der Waals surface area (Å²) in [4.78, 5) is 15.6. The van der Waals surface area contributed by atoms with Crippen LogP contribution in [0.1, 0.15) is 34.0 Å². The molecule has 1 aliphatic heterocycles. The second-order valence-electron chi connectivity index (χ2n) is 8.27. The number of urea groups is 1. The number of rotatable bonds is 2. The number of para-hydroxylation sites is 1. The number of hydrogen-bond donors (Lipinski definition) is 1. The molecule has 4 aromatic rings. The highest BCUT2D eigenvalue weighted by molar-refractivity contribution is 6.31. The Hall–Kier alpha value is -3.50. The highest BCUT2D eigenvalue weighted by Gasteiger charge is 2.33. The Morgan fingerprint density at radius 3 is 2.53 bits per heavy atom. The lowest BCUT2D eigenvalue weighted by Gasteiger charge is -2.31. The van der Waals surface area contributed by atoms with Crippen molar-refractivity contribution in [1.82, 2.24) is 9.47 Å². The molecular formula is C27H24ClN3O. The standard InChI is InChI=1S/C27H24ClN3O/c1-18-9-12-20(13-10-18)26-25-8-5-15-30(25)24-7-4-3-6-21(24)17-31(26)27(32)29-22-14-11-19(2)23(28)16-22/h3-16,26H,17H2,1-2H3,(H,29,32)/t26-/m0/s1. The van der Waals surface area contributed by atoms with Gasteiger partial charge in [-0.15, -0.1) is 0 Å². The van der Waals surface area contributed by atoms with Gasteiger partial charge in [-0.3, -0.25) is 0 Å². The van der Waals surface area contributed by atoms with Crippen molar-refractivity contribution in [1.29, 1.82) is 0 Å². The number of benzene rings is 3. The molecule has 2 heterocycles. The summed E-state index contributed by atoms with van der Waals surface area (Å²) in [6, 6.07) is 26.0. The molecule has 1 aliphatic rings. The van der Waals surface area contributed by atoms with E-state index in [0.29, 0.717) is 17.3 Å². The molecule has 5 rings (SSSR count). The van der Waals surface area contributed by atoms with Crippen molar-refractivity contribution in [3.63, 3.8) is 0 Å². The molecule has 1 aromatic heterocycles. The fourth-order valence-corrected chi connectivity index (χ4v) is 4.49. The van der Waals surface area contributed by atoms with Crippen LogP contribution in [-0.2, 0) is 6.54 Å². The van der Waals surface area contributed by atoms with E-state index in [-0.39, 0.29) is 12.1 Å². The van der Waals surface area contributed by atoms with Crippen LogP contribution in [-0.4, -0.2) is 15.5 Å². The molecule has 0 radical (unpaired) electrons. The maximum atomic E-state index is 13.7. The number of carbonyl (C=O) groups excluding carboxylic acids is 1. The number of amides is 2. The lowest BCUT2D eigenvalue weighted by molar-refractivity contribution is 0.194. The van der Waals surface area contributed by atoms with E-state index in [1.54, 1.807) is 6.07 Å². The van der Waals surface area contributed by atoms with Crippen LogP contribution in [0.2, 0.25) is 5.02 Å². The molecule has 0 spiro atoms. The third-order valence-corrected chi connectivity index (χ3v) is 6.45. The molecular weight excluding hydrogens is 418 g/mol. The van der Waals surface area contributed by atoms with Crippen molar-refractivity contribution in [3.05, 3.63) is 118 Å². The molecule has 3 aromatic carbocycles. The number of nitrogens with one attached hydrogen (secondary N) is 1.